The normalized spacial score (nSPS) is 15.9. The standard InChI is InChI=1S/C11H16ClN3/c1-2-7-15(10-4-5-10)8-9-3-6-11(12)14-13-9/h3,6,10H,2,4-5,7-8H2,1H3. The molecule has 1 heterocycles. The van der Waals surface area contributed by atoms with Crippen LogP contribution in [0, 0.1) is 0 Å². The fourth-order valence-electron chi connectivity index (χ4n) is 1.75. The van der Waals surface area contributed by atoms with Gasteiger partial charge in [-0.15, -0.1) is 5.10 Å². The molecule has 82 valence electrons. The van der Waals surface area contributed by atoms with Crippen LogP contribution in [-0.2, 0) is 6.54 Å². The van der Waals surface area contributed by atoms with Crippen molar-refractivity contribution in [2.75, 3.05) is 6.54 Å². The molecule has 0 unspecified atom stereocenters. The van der Waals surface area contributed by atoms with Gasteiger partial charge >= 0.3 is 0 Å². The Kier molecular flexibility index (Phi) is 3.54. The average Bonchev–Trinajstić information content (AvgIpc) is 3.04. The Morgan fingerprint density at radius 1 is 1.40 bits per heavy atom. The van der Waals surface area contributed by atoms with Crippen molar-refractivity contribution in [1.29, 1.82) is 0 Å². The van der Waals surface area contributed by atoms with Gasteiger partial charge in [0.05, 0.1) is 5.69 Å². The average molecular weight is 226 g/mol. The summed E-state index contributed by atoms with van der Waals surface area (Å²) in [5, 5.41) is 8.41. The summed E-state index contributed by atoms with van der Waals surface area (Å²) < 4.78 is 0. The minimum absolute atomic E-state index is 0.465. The SMILES string of the molecule is CCCN(Cc1ccc(Cl)nn1)C1CC1. The highest BCUT2D eigenvalue weighted by atomic mass is 35.5. The van der Waals surface area contributed by atoms with Crippen molar-refractivity contribution in [3.63, 3.8) is 0 Å². The molecule has 0 aliphatic heterocycles. The second-order valence-corrected chi connectivity index (χ2v) is 4.44. The first-order chi connectivity index (χ1) is 7.29. The molecular weight excluding hydrogens is 210 g/mol. The van der Waals surface area contributed by atoms with E-state index in [1.165, 1.54) is 19.3 Å². The molecule has 0 aromatic carbocycles. The van der Waals surface area contributed by atoms with Crippen molar-refractivity contribution in [3.8, 4) is 0 Å². The van der Waals surface area contributed by atoms with Crippen LogP contribution in [0.25, 0.3) is 0 Å². The number of nitrogens with zero attached hydrogens (tertiary/aromatic N) is 3. The van der Waals surface area contributed by atoms with Gasteiger partial charge in [-0.2, -0.15) is 5.10 Å². The molecule has 1 aliphatic rings. The third kappa shape index (κ3) is 3.14. The summed E-state index contributed by atoms with van der Waals surface area (Å²) in [5.41, 5.74) is 1.01. The summed E-state index contributed by atoms with van der Waals surface area (Å²) in [7, 11) is 0. The Morgan fingerprint density at radius 3 is 2.73 bits per heavy atom. The smallest absolute Gasteiger partial charge is 0.151 e. The van der Waals surface area contributed by atoms with E-state index >= 15 is 0 Å². The van der Waals surface area contributed by atoms with Crippen molar-refractivity contribution < 1.29 is 0 Å². The summed E-state index contributed by atoms with van der Waals surface area (Å²) in [5.74, 6) is 0. The molecule has 3 nitrogen and oxygen atoms in total. The monoisotopic (exact) mass is 225 g/mol. The lowest BCUT2D eigenvalue weighted by molar-refractivity contribution is 0.251. The first-order valence-electron chi connectivity index (χ1n) is 5.51. The van der Waals surface area contributed by atoms with Gasteiger partial charge in [0.25, 0.3) is 0 Å². The lowest BCUT2D eigenvalue weighted by atomic mass is 10.3. The highest BCUT2D eigenvalue weighted by Crippen LogP contribution is 2.28. The predicted molar refractivity (Wildman–Crippen MR) is 60.8 cm³/mol. The molecule has 4 heteroatoms. The predicted octanol–water partition coefficient (Wildman–Crippen LogP) is 2.50. The van der Waals surface area contributed by atoms with Crippen LogP contribution >= 0.6 is 11.6 Å². The van der Waals surface area contributed by atoms with E-state index in [9.17, 15) is 0 Å². The van der Waals surface area contributed by atoms with Gasteiger partial charge in [0.1, 0.15) is 0 Å². The molecule has 0 spiro atoms. The molecule has 0 N–H and O–H groups in total. The van der Waals surface area contributed by atoms with Crippen molar-refractivity contribution in [2.24, 2.45) is 0 Å². The van der Waals surface area contributed by atoms with Gasteiger partial charge in [0.15, 0.2) is 5.15 Å². The Labute approximate surface area is 95.5 Å². The number of aromatic nitrogens is 2. The topological polar surface area (TPSA) is 29.0 Å². The van der Waals surface area contributed by atoms with Crippen molar-refractivity contribution in [3.05, 3.63) is 23.0 Å². The zero-order chi connectivity index (χ0) is 10.7. The van der Waals surface area contributed by atoms with Crippen LogP contribution < -0.4 is 0 Å². The van der Waals surface area contributed by atoms with E-state index in [2.05, 4.69) is 22.0 Å². The second kappa shape index (κ2) is 4.90. The van der Waals surface area contributed by atoms with Crippen LogP contribution in [0.1, 0.15) is 31.9 Å². The summed E-state index contributed by atoms with van der Waals surface area (Å²) >= 11 is 5.70. The van der Waals surface area contributed by atoms with Gasteiger partial charge in [-0.25, -0.2) is 0 Å². The summed E-state index contributed by atoms with van der Waals surface area (Å²) in [6.07, 6.45) is 3.86. The fraction of sp³-hybridized carbons (Fsp3) is 0.636. The molecule has 0 bridgehead atoms. The Hall–Kier alpha value is -0.670. The number of hydrogen-bond acceptors (Lipinski definition) is 3. The molecule has 0 saturated heterocycles. The van der Waals surface area contributed by atoms with Crippen molar-refractivity contribution in [1.82, 2.24) is 15.1 Å². The molecule has 1 fully saturated rings. The first kappa shape index (κ1) is 10.8. The highest BCUT2D eigenvalue weighted by Gasteiger charge is 2.28. The summed E-state index contributed by atoms with van der Waals surface area (Å²) in [6.45, 7) is 4.26. The Balaban J connectivity index is 1.95. The maximum absolute atomic E-state index is 5.70. The first-order valence-corrected chi connectivity index (χ1v) is 5.89. The van der Waals surface area contributed by atoms with Crippen molar-refractivity contribution >= 4 is 11.6 Å². The van der Waals surface area contributed by atoms with E-state index in [4.69, 9.17) is 11.6 Å². The maximum atomic E-state index is 5.70. The highest BCUT2D eigenvalue weighted by molar-refractivity contribution is 6.29. The third-order valence-electron chi connectivity index (χ3n) is 2.63. The van der Waals surface area contributed by atoms with E-state index in [0.717, 1.165) is 24.8 Å². The molecule has 1 aromatic rings. The molecule has 1 saturated carbocycles. The molecule has 1 aromatic heterocycles. The lowest BCUT2D eigenvalue weighted by Gasteiger charge is -2.20. The maximum Gasteiger partial charge on any atom is 0.151 e. The molecular formula is C11H16ClN3. The number of halogens is 1. The third-order valence-corrected chi connectivity index (χ3v) is 2.83. The minimum atomic E-state index is 0.465. The molecule has 0 radical (unpaired) electrons. The van der Waals surface area contributed by atoms with Gasteiger partial charge < -0.3 is 0 Å². The van der Waals surface area contributed by atoms with Crippen LogP contribution in [0.4, 0.5) is 0 Å². The van der Waals surface area contributed by atoms with Crippen LogP contribution in [0.3, 0.4) is 0 Å². The second-order valence-electron chi connectivity index (χ2n) is 4.05. The molecule has 0 amide bonds. The largest absolute Gasteiger partial charge is 0.295 e. The van der Waals surface area contributed by atoms with Gasteiger partial charge in [0.2, 0.25) is 0 Å². The van der Waals surface area contributed by atoms with E-state index in [1.54, 1.807) is 6.07 Å². The van der Waals surface area contributed by atoms with Gasteiger partial charge in [-0.1, -0.05) is 18.5 Å². The van der Waals surface area contributed by atoms with Crippen molar-refractivity contribution in [2.45, 2.75) is 38.8 Å². The fourth-order valence-corrected chi connectivity index (χ4v) is 1.85. The Morgan fingerprint density at radius 2 is 2.20 bits per heavy atom. The molecule has 2 rings (SSSR count). The van der Waals surface area contributed by atoms with E-state index < -0.39 is 0 Å². The van der Waals surface area contributed by atoms with E-state index in [0.29, 0.717) is 5.15 Å². The van der Waals surface area contributed by atoms with Gasteiger partial charge in [-0.3, -0.25) is 4.90 Å². The van der Waals surface area contributed by atoms with E-state index in [-0.39, 0.29) is 0 Å². The van der Waals surface area contributed by atoms with Crippen LogP contribution in [0.5, 0.6) is 0 Å². The summed E-state index contributed by atoms with van der Waals surface area (Å²) in [4.78, 5) is 2.48. The summed E-state index contributed by atoms with van der Waals surface area (Å²) in [6, 6.07) is 4.55. The zero-order valence-corrected chi connectivity index (χ0v) is 9.74. The molecule has 0 atom stereocenters. The molecule has 1 aliphatic carbocycles. The quantitative estimate of drug-likeness (QED) is 0.771. The van der Waals surface area contributed by atoms with Crippen LogP contribution in [0.2, 0.25) is 5.15 Å². The van der Waals surface area contributed by atoms with Crippen LogP contribution in [0.15, 0.2) is 12.1 Å². The minimum Gasteiger partial charge on any atom is -0.295 e. The van der Waals surface area contributed by atoms with Crippen LogP contribution in [-0.4, -0.2) is 27.7 Å². The zero-order valence-electron chi connectivity index (χ0n) is 8.99. The number of hydrogen-bond donors (Lipinski definition) is 0. The number of rotatable bonds is 5. The van der Waals surface area contributed by atoms with E-state index in [1.807, 2.05) is 6.07 Å². The molecule has 15 heavy (non-hydrogen) atoms. The lowest BCUT2D eigenvalue weighted by Crippen LogP contribution is -2.26. The van der Waals surface area contributed by atoms with Gasteiger partial charge in [0, 0.05) is 12.6 Å². The Bertz CT molecular complexity index is 308. The van der Waals surface area contributed by atoms with Gasteiger partial charge in [-0.05, 0) is 37.9 Å².